The minimum absolute atomic E-state index is 0.154. The van der Waals surface area contributed by atoms with Crippen LogP contribution in [0.25, 0.3) is 5.95 Å². The molecule has 0 spiro atoms. The van der Waals surface area contributed by atoms with E-state index in [-0.39, 0.29) is 5.95 Å². The van der Waals surface area contributed by atoms with Crippen molar-refractivity contribution in [2.75, 3.05) is 17.6 Å². The van der Waals surface area contributed by atoms with E-state index in [4.69, 9.17) is 5.73 Å². The summed E-state index contributed by atoms with van der Waals surface area (Å²) in [6, 6.07) is 1.79. The lowest BCUT2D eigenvalue weighted by atomic mass is 10.3. The average molecular weight is 288 g/mol. The van der Waals surface area contributed by atoms with Gasteiger partial charge in [0.15, 0.2) is 0 Å². The van der Waals surface area contributed by atoms with Gasteiger partial charge in [-0.1, -0.05) is 0 Å². The van der Waals surface area contributed by atoms with E-state index in [0.29, 0.717) is 18.4 Å². The van der Waals surface area contributed by atoms with Gasteiger partial charge in [-0.05, 0) is 6.07 Å². The molecule has 9 heteroatoms. The highest BCUT2D eigenvalue weighted by molar-refractivity contribution is 7.07. The summed E-state index contributed by atoms with van der Waals surface area (Å²) in [7, 11) is 0. The molecule has 3 N–H and O–H groups in total. The quantitative estimate of drug-likeness (QED) is 0.713. The summed E-state index contributed by atoms with van der Waals surface area (Å²) < 4.78 is 1.53. The Morgan fingerprint density at radius 2 is 2.25 bits per heavy atom. The fourth-order valence-corrected chi connectivity index (χ4v) is 2.21. The van der Waals surface area contributed by atoms with Crippen molar-refractivity contribution in [1.29, 1.82) is 0 Å². The number of thiazole rings is 1. The molecule has 0 aliphatic heterocycles. The highest BCUT2D eigenvalue weighted by Crippen LogP contribution is 2.07. The van der Waals surface area contributed by atoms with Crippen LogP contribution in [-0.4, -0.2) is 36.3 Å². The molecule has 0 fully saturated rings. The zero-order chi connectivity index (χ0) is 13.8. The molecule has 0 bridgehead atoms. The van der Waals surface area contributed by atoms with E-state index in [1.807, 2.05) is 10.9 Å². The number of nitrogens with one attached hydrogen (secondary N) is 1. The molecular formula is C11H12N8S. The molecule has 0 amide bonds. The van der Waals surface area contributed by atoms with Gasteiger partial charge in [-0.2, -0.15) is 20.1 Å². The highest BCUT2D eigenvalue weighted by Gasteiger charge is 2.06. The van der Waals surface area contributed by atoms with Crippen LogP contribution in [0.15, 0.2) is 29.4 Å². The summed E-state index contributed by atoms with van der Waals surface area (Å²) in [5.41, 5.74) is 8.53. The molecule has 0 aliphatic carbocycles. The van der Waals surface area contributed by atoms with Crippen molar-refractivity contribution in [3.05, 3.63) is 35.0 Å². The lowest BCUT2D eigenvalue weighted by Crippen LogP contribution is -2.13. The van der Waals surface area contributed by atoms with Crippen LogP contribution in [0.2, 0.25) is 0 Å². The molecule has 3 aromatic heterocycles. The molecule has 20 heavy (non-hydrogen) atoms. The number of rotatable bonds is 5. The van der Waals surface area contributed by atoms with E-state index in [9.17, 15) is 0 Å². The van der Waals surface area contributed by atoms with Gasteiger partial charge in [0.05, 0.1) is 11.2 Å². The largest absolute Gasteiger partial charge is 0.368 e. The van der Waals surface area contributed by atoms with Crippen LogP contribution < -0.4 is 11.1 Å². The number of nitrogen functional groups attached to an aromatic ring is 1. The average Bonchev–Trinajstić information content (AvgIpc) is 3.11. The zero-order valence-corrected chi connectivity index (χ0v) is 11.3. The van der Waals surface area contributed by atoms with Crippen molar-refractivity contribution in [3.63, 3.8) is 0 Å². The smallest absolute Gasteiger partial charge is 0.257 e. The first-order valence-electron chi connectivity index (χ1n) is 5.94. The predicted octanol–water partition coefficient (Wildman–Crippen LogP) is 0.751. The Kier molecular flexibility index (Phi) is 3.50. The van der Waals surface area contributed by atoms with Gasteiger partial charge >= 0.3 is 0 Å². The highest BCUT2D eigenvalue weighted by atomic mass is 32.1. The van der Waals surface area contributed by atoms with Crippen LogP contribution in [-0.2, 0) is 6.42 Å². The zero-order valence-electron chi connectivity index (χ0n) is 10.5. The Hall–Kier alpha value is -2.55. The van der Waals surface area contributed by atoms with E-state index in [1.54, 1.807) is 29.8 Å². The van der Waals surface area contributed by atoms with Gasteiger partial charge in [-0.15, -0.1) is 11.3 Å². The topological polar surface area (TPSA) is 107 Å². The van der Waals surface area contributed by atoms with E-state index in [0.717, 1.165) is 12.1 Å². The molecule has 0 saturated heterocycles. The summed E-state index contributed by atoms with van der Waals surface area (Å²) in [4.78, 5) is 16.6. The number of hydrogen-bond donors (Lipinski definition) is 2. The maximum Gasteiger partial charge on any atom is 0.257 e. The number of anilines is 2. The van der Waals surface area contributed by atoms with Crippen molar-refractivity contribution in [1.82, 2.24) is 29.7 Å². The van der Waals surface area contributed by atoms with E-state index < -0.39 is 0 Å². The van der Waals surface area contributed by atoms with Crippen LogP contribution in [0.1, 0.15) is 5.69 Å². The third kappa shape index (κ3) is 2.88. The molecule has 8 nitrogen and oxygen atoms in total. The lowest BCUT2D eigenvalue weighted by Gasteiger charge is -2.06. The second-order valence-corrected chi connectivity index (χ2v) is 4.64. The maximum absolute atomic E-state index is 5.68. The predicted molar refractivity (Wildman–Crippen MR) is 75.7 cm³/mol. The summed E-state index contributed by atoms with van der Waals surface area (Å²) in [5.74, 6) is 0.971. The van der Waals surface area contributed by atoms with Crippen LogP contribution >= 0.6 is 11.3 Å². The molecule has 0 aromatic carbocycles. The lowest BCUT2D eigenvalue weighted by molar-refractivity contribution is 0.797. The molecule has 0 aliphatic rings. The molecular weight excluding hydrogens is 276 g/mol. The second kappa shape index (κ2) is 5.61. The van der Waals surface area contributed by atoms with E-state index in [2.05, 4.69) is 30.4 Å². The van der Waals surface area contributed by atoms with Gasteiger partial charge in [-0.25, -0.2) is 9.67 Å². The summed E-state index contributed by atoms with van der Waals surface area (Å²) in [6.07, 6.45) is 4.19. The SMILES string of the molecule is Nc1nc(NCCc2cscn2)nc(-n2cccn2)n1. The number of nitrogens with two attached hydrogens (primary N) is 1. The Bertz CT molecular complexity index is 664. The maximum atomic E-state index is 5.68. The fourth-order valence-electron chi connectivity index (χ4n) is 1.61. The Balaban J connectivity index is 1.70. The minimum Gasteiger partial charge on any atom is -0.368 e. The first-order valence-corrected chi connectivity index (χ1v) is 6.88. The molecule has 0 unspecified atom stereocenters. The molecule has 0 atom stereocenters. The summed E-state index contributed by atoms with van der Waals surface area (Å²) in [5, 5.41) is 9.18. The monoisotopic (exact) mass is 288 g/mol. The first-order chi connectivity index (χ1) is 9.81. The van der Waals surface area contributed by atoms with Crippen molar-refractivity contribution >= 4 is 23.2 Å². The van der Waals surface area contributed by atoms with Crippen molar-refractivity contribution < 1.29 is 0 Å². The fraction of sp³-hybridized carbons (Fsp3) is 0.182. The summed E-state index contributed by atoms with van der Waals surface area (Å²) >= 11 is 1.58. The molecule has 0 radical (unpaired) electrons. The van der Waals surface area contributed by atoms with Crippen molar-refractivity contribution in [2.45, 2.75) is 6.42 Å². The third-order valence-electron chi connectivity index (χ3n) is 2.50. The Labute approximate surface area is 118 Å². The van der Waals surface area contributed by atoms with Gasteiger partial charge in [0.1, 0.15) is 0 Å². The standard InChI is InChI=1S/C11H12N8S/c12-9-16-10(13-4-2-8-6-20-7-14-8)18-11(17-9)19-5-1-3-15-19/h1,3,5-7H,2,4H2,(H3,12,13,16,17,18). The van der Waals surface area contributed by atoms with Crippen molar-refractivity contribution in [2.24, 2.45) is 0 Å². The third-order valence-corrected chi connectivity index (χ3v) is 3.13. The van der Waals surface area contributed by atoms with Crippen molar-refractivity contribution in [3.8, 4) is 5.95 Å². The Morgan fingerprint density at radius 3 is 3.00 bits per heavy atom. The number of aromatic nitrogens is 6. The van der Waals surface area contributed by atoms with E-state index >= 15 is 0 Å². The normalized spacial score (nSPS) is 10.6. The minimum atomic E-state index is 0.154. The van der Waals surface area contributed by atoms with Crippen LogP contribution in [0, 0.1) is 0 Å². The van der Waals surface area contributed by atoms with Crippen LogP contribution in [0.3, 0.4) is 0 Å². The van der Waals surface area contributed by atoms with Gasteiger partial charge in [0.2, 0.25) is 11.9 Å². The van der Waals surface area contributed by atoms with E-state index in [1.165, 1.54) is 4.68 Å². The number of hydrogen-bond acceptors (Lipinski definition) is 8. The molecule has 3 aromatic rings. The van der Waals surface area contributed by atoms with Gasteiger partial charge in [0, 0.05) is 30.7 Å². The molecule has 102 valence electrons. The van der Waals surface area contributed by atoms with Crippen LogP contribution in [0.5, 0.6) is 0 Å². The first kappa shape index (κ1) is 12.5. The Morgan fingerprint density at radius 1 is 1.30 bits per heavy atom. The molecule has 3 rings (SSSR count). The number of nitrogens with zero attached hydrogens (tertiary/aromatic N) is 6. The molecule has 0 saturated carbocycles. The van der Waals surface area contributed by atoms with Gasteiger partial charge < -0.3 is 11.1 Å². The second-order valence-electron chi connectivity index (χ2n) is 3.92. The summed E-state index contributed by atoms with van der Waals surface area (Å²) in [6.45, 7) is 0.672. The van der Waals surface area contributed by atoms with Crippen LogP contribution in [0.4, 0.5) is 11.9 Å². The van der Waals surface area contributed by atoms with Gasteiger partial charge in [0.25, 0.3) is 5.95 Å². The van der Waals surface area contributed by atoms with Gasteiger partial charge in [-0.3, -0.25) is 0 Å². The molecule has 3 heterocycles.